The van der Waals surface area contributed by atoms with E-state index in [9.17, 15) is 9.59 Å². The molecular weight excluding hydrogens is 332 g/mol. The molecular formula is C16H21BrN2O2. The number of benzene rings is 1. The van der Waals surface area contributed by atoms with Gasteiger partial charge in [0.2, 0.25) is 5.91 Å². The highest BCUT2D eigenvalue weighted by Gasteiger charge is 2.45. The molecule has 1 fully saturated rings. The van der Waals surface area contributed by atoms with Gasteiger partial charge in [0.05, 0.1) is 5.69 Å². The fourth-order valence-electron chi connectivity index (χ4n) is 2.60. The first-order chi connectivity index (χ1) is 9.77. The summed E-state index contributed by atoms with van der Waals surface area (Å²) in [6.07, 6.45) is 0.579. The molecule has 0 spiro atoms. The van der Waals surface area contributed by atoms with Gasteiger partial charge in [-0.05, 0) is 39.9 Å². The minimum Gasteiger partial charge on any atom is -0.342 e. The Kier molecular flexibility index (Phi) is 4.42. The van der Waals surface area contributed by atoms with Crippen LogP contribution in [0.2, 0.25) is 0 Å². The number of hydrogen-bond donors (Lipinski definition) is 1. The smallest absolute Gasteiger partial charge is 0.250 e. The normalized spacial score (nSPS) is 23.2. The Hall–Kier alpha value is -1.36. The van der Waals surface area contributed by atoms with Crippen LogP contribution in [0, 0.1) is 5.41 Å². The minimum absolute atomic E-state index is 0.0548. The van der Waals surface area contributed by atoms with E-state index in [-0.39, 0.29) is 17.2 Å². The molecule has 2 amide bonds. The Morgan fingerprint density at radius 1 is 1.24 bits per heavy atom. The molecule has 21 heavy (non-hydrogen) atoms. The third kappa shape index (κ3) is 2.98. The van der Waals surface area contributed by atoms with Gasteiger partial charge >= 0.3 is 0 Å². The molecule has 0 radical (unpaired) electrons. The Morgan fingerprint density at radius 3 is 2.38 bits per heavy atom. The maximum Gasteiger partial charge on any atom is 0.250 e. The summed E-state index contributed by atoms with van der Waals surface area (Å²) >= 11 is 3.48. The van der Waals surface area contributed by atoms with Gasteiger partial charge in [-0.2, -0.15) is 0 Å². The van der Waals surface area contributed by atoms with Crippen molar-refractivity contribution in [1.29, 1.82) is 0 Å². The molecule has 1 aliphatic rings. The van der Waals surface area contributed by atoms with Crippen LogP contribution in [0.15, 0.2) is 28.7 Å². The average Bonchev–Trinajstić information content (AvgIpc) is 2.40. The number of carbonyl (C=O) groups is 2. The average molecular weight is 353 g/mol. The summed E-state index contributed by atoms with van der Waals surface area (Å²) in [6, 6.07) is 6.54. The topological polar surface area (TPSA) is 49.4 Å². The monoisotopic (exact) mass is 352 g/mol. The second-order valence-corrected chi connectivity index (χ2v) is 7.25. The number of nitrogens with zero attached hydrogens (tertiary/aromatic N) is 1. The highest BCUT2D eigenvalue weighted by atomic mass is 79.9. The van der Waals surface area contributed by atoms with Gasteiger partial charge in [0.1, 0.15) is 12.1 Å². The predicted octanol–water partition coefficient (Wildman–Crippen LogP) is 3.11. The maximum atomic E-state index is 12.9. The first-order valence-corrected chi connectivity index (χ1v) is 7.94. The molecule has 1 heterocycles. The predicted molar refractivity (Wildman–Crippen MR) is 87.1 cm³/mol. The fourth-order valence-corrected chi connectivity index (χ4v) is 3.07. The van der Waals surface area contributed by atoms with Crippen molar-refractivity contribution in [2.75, 3.05) is 4.90 Å². The van der Waals surface area contributed by atoms with Crippen molar-refractivity contribution in [3.8, 4) is 0 Å². The second-order valence-electron chi connectivity index (χ2n) is 6.39. The van der Waals surface area contributed by atoms with E-state index in [2.05, 4.69) is 21.2 Å². The van der Waals surface area contributed by atoms with E-state index in [1.54, 1.807) is 4.90 Å². The number of piperazine rings is 1. The van der Waals surface area contributed by atoms with Crippen molar-refractivity contribution in [2.24, 2.45) is 5.41 Å². The zero-order chi connectivity index (χ0) is 15.8. The van der Waals surface area contributed by atoms with Crippen molar-refractivity contribution in [2.45, 2.75) is 46.2 Å². The summed E-state index contributed by atoms with van der Waals surface area (Å²) in [5.74, 6) is -0.145. The van der Waals surface area contributed by atoms with E-state index >= 15 is 0 Å². The summed E-state index contributed by atoms with van der Waals surface area (Å²) in [6.45, 7) is 7.79. The van der Waals surface area contributed by atoms with Gasteiger partial charge in [0, 0.05) is 4.47 Å². The summed E-state index contributed by atoms with van der Waals surface area (Å²) in [4.78, 5) is 27.0. The lowest BCUT2D eigenvalue weighted by molar-refractivity contribution is -0.136. The Labute approximate surface area is 134 Å². The maximum absolute atomic E-state index is 12.9. The van der Waals surface area contributed by atoms with E-state index in [0.717, 1.165) is 10.2 Å². The van der Waals surface area contributed by atoms with Crippen molar-refractivity contribution < 1.29 is 9.59 Å². The lowest BCUT2D eigenvalue weighted by Gasteiger charge is -2.43. The summed E-state index contributed by atoms with van der Waals surface area (Å²) in [5.41, 5.74) is 0.420. The minimum atomic E-state index is -0.514. The van der Waals surface area contributed by atoms with Crippen LogP contribution in [-0.2, 0) is 9.59 Å². The molecule has 114 valence electrons. The van der Waals surface area contributed by atoms with Gasteiger partial charge in [-0.1, -0.05) is 39.8 Å². The molecule has 2 unspecified atom stereocenters. The first-order valence-electron chi connectivity index (χ1n) is 7.15. The Bertz CT molecular complexity index is 566. The van der Waals surface area contributed by atoms with Gasteiger partial charge in [0.25, 0.3) is 5.91 Å². The van der Waals surface area contributed by atoms with Crippen molar-refractivity contribution in [3.05, 3.63) is 28.7 Å². The molecule has 2 atom stereocenters. The number of para-hydroxylation sites is 1. The van der Waals surface area contributed by atoms with Gasteiger partial charge in [0.15, 0.2) is 0 Å². The number of amides is 2. The molecule has 1 aromatic rings. The molecule has 4 nitrogen and oxygen atoms in total. The van der Waals surface area contributed by atoms with Crippen LogP contribution in [-0.4, -0.2) is 23.9 Å². The Morgan fingerprint density at radius 2 is 1.86 bits per heavy atom. The van der Waals surface area contributed by atoms with Crippen molar-refractivity contribution in [3.63, 3.8) is 0 Å². The van der Waals surface area contributed by atoms with E-state index in [1.807, 2.05) is 52.0 Å². The third-order valence-corrected chi connectivity index (χ3v) is 4.42. The van der Waals surface area contributed by atoms with Crippen LogP contribution in [0.25, 0.3) is 0 Å². The van der Waals surface area contributed by atoms with Gasteiger partial charge in [-0.3, -0.25) is 14.5 Å². The summed E-state index contributed by atoms with van der Waals surface area (Å²) in [7, 11) is 0. The summed E-state index contributed by atoms with van der Waals surface area (Å²) in [5, 5.41) is 2.88. The SMILES string of the molecule is CCC1C(=O)NC(C(C)(C)C)C(=O)N1c1ccccc1Br. The molecule has 0 aliphatic carbocycles. The molecule has 0 bridgehead atoms. The van der Waals surface area contributed by atoms with Crippen LogP contribution in [0.4, 0.5) is 5.69 Å². The highest BCUT2D eigenvalue weighted by Crippen LogP contribution is 2.33. The lowest BCUT2D eigenvalue weighted by atomic mass is 9.83. The number of anilines is 1. The standard InChI is InChI=1S/C16H21BrN2O2/c1-5-11-14(20)18-13(16(2,3)4)15(21)19(11)12-9-7-6-8-10(12)17/h6-9,11,13H,5H2,1-4H3,(H,18,20). The number of halogens is 1. The molecule has 1 saturated heterocycles. The number of carbonyl (C=O) groups excluding carboxylic acids is 2. The zero-order valence-corrected chi connectivity index (χ0v) is 14.4. The lowest BCUT2D eigenvalue weighted by Crippen LogP contribution is -2.66. The van der Waals surface area contributed by atoms with Crippen LogP contribution < -0.4 is 10.2 Å². The molecule has 0 saturated carbocycles. The molecule has 1 aliphatic heterocycles. The largest absolute Gasteiger partial charge is 0.342 e. The van der Waals surface area contributed by atoms with Crippen LogP contribution in [0.5, 0.6) is 0 Å². The highest BCUT2D eigenvalue weighted by molar-refractivity contribution is 9.10. The zero-order valence-electron chi connectivity index (χ0n) is 12.8. The number of rotatable bonds is 2. The van der Waals surface area contributed by atoms with Crippen LogP contribution in [0.1, 0.15) is 34.1 Å². The quantitative estimate of drug-likeness (QED) is 0.888. The fraction of sp³-hybridized carbons (Fsp3) is 0.500. The summed E-state index contributed by atoms with van der Waals surface area (Å²) < 4.78 is 0.819. The first kappa shape index (κ1) is 16.0. The van der Waals surface area contributed by atoms with E-state index in [4.69, 9.17) is 0 Å². The van der Waals surface area contributed by atoms with Gasteiger partial charge in [-0.25, -0.2) is 0 Å². The van der Waals surface area contributed by atoms with Crippen molar-refractivity contribution in [1.82, 2.24) is 5.32 Å². The van der Waals surface area contributed by atoms with E-state index in [1.165, 1.54) is 0 Å². The number of hydrogen-bond acceptors (Lipinski definition) is 2. The third-order valence-electron chi connectivity index (χ3n) is 3.75. The Balaban J connectivity index is 2.50. The second kappa shape index (κ2) is 5.79. The van der Waals surface area contributed by atoms with Crippen LogP contribution >= 0.6 is 15.9 Å². The molecule has 0 aromatic heterocycles. The molecule has 2 rings (SSSR count). The van der Waals surface area contributed by atoms with Crippen molar-refractivity contribution >= 4 is 33.4 Å². The van der Waals surface area contributed by atoms with Gasteiger partial charge in [-0.15, -0.1) is 0 Å². The number of nitrogens with one attached hydrogen (secondary N) is 1. The molecule has 5 heteroatoms. The van der Waals surface area contributed by atoms with E-state index in [0.29, 0.717) is 6.42 Å². The van der Waals surface area contributed by atoms with Crippen LogP contribution in [0.3, 0.4) is 0 Å². The molecule has 1 aromatic carbocycles. The molecule has 1 N–H and O–H groups in total. The van der Waals surface area contributed by atoms with Gasteiger partial charge < -0.3 is 5.32 Å². The van der Waals surface area contributed by atoms with E-state index < -0.39 is 12.1 Å².